The second kappa shape index (κ2) is 7.51. The summed E-state index contributed by atoms with van der Waals surface area (Å²) in [5, 5.41) is 59.1. The number of carboxylic acids is 1. The van der Waals surface area contributed by atoms with Crippen LogP contribution in [0.5, 0.6) is 0 Å². The van der Waals surface area contributed by atoms with Gasteiger partial charge >= 0.3 is 5.97 Å². The van der Waals surface area contributed by atoms with Crippen LogP contribution in [0.2, 0.25) is 0 Å². The lowest BCUT2D eigenvalue weighted by atomic mass is 9.88. The van der Waals surface area contributed by atoms with Crippen molar-refractivity contribution in [3.8, 4) is 0 Å². The van der Waals surface area contributed by atoms with E-state index < -0.39 is 67.0 Å². The fourth-order valence-corrected chi connectivity index (χ4v) is 2.20. The number of nitrogens with one attached hydrogen (secondary N) is 1. The molecular weight excluding hydrogens is 326 g/mol. The monoisotopic (exact) mass is 343 g/mol. The Hall–Kier alpha value is -1.01. The van der Waals surface area contributed by atoms with Crippen LogP contribution >= 0.6 is 11.6 Å². The Morgan fingerprint density at radius 1 is 1.41 bits per heavy atom. The van der Waals surface area contributed by atoms with Crippen LogP contribution in [0, 0.1) is 0 Å². The third-order valence-corrected chi connectivity index (χ3v) is 3.53. The van der Waals surface area contributed by atoms with Crippen LogP contribution in [0.3, 0.4) is 0 Å². The van der Waals surface area contributed by atoms with Crippen molar-refractivity contribution in [2.75, 3.05) is 12.5 Å². The third kappa shape index (κ3) is 4.04. The number of carboxylic acid groups (broad SMARTS) is 1. The van der Waals surface area contributed by atoms with E-state index in [0.717, 1.165) is 0 Å². The van der Waals surface area contributed by atoms with Gasteiger partial charge in [-0.3, -0.25) is 4.79 Å². The molecular formula is C11H18ClNO9. The van der Waals surface area contributed by atoms with Gasteiger partial charge in [-0.1, -0.05) is 0 Å². The van der Waals surface area contributed by atoms with Crippen LogP contribution in [0.4, 0.5) is 0 Å². The van der Waals surface area contributed by atoms with Crippen LogP contribution in [0.1, 0.15) is 6.42 Å². The Labute approximate surface area is 129 Å². The molecule has 1 saturated heterocycles. The third-order valence-electron chi connectivity index (χ3n) is 3.29. The second-order valence-electron chi connectivity index (χ2n) is 4.91. The van der Waals surface area contributed by atoms with E-state index in [1.807, 2.05) is 0 Å². The average molecular weight is 344 g/mol. The first-order chi connectivity index (χ1) is 10.2. The smallest absolute Gasteiger partial charge is 0.364 e. The number of carbonyl (C=O) groups is 2. The topological polar surface area (TPSA) is 177 Å². The molecule has 0 aliphatic carbocycles. The van der Waals surface area contributed by atoms with E-state index in [0.29, 0.717) is 0 Å². The molecule has 22 heavy (non-hydrogen) atoms. The van der Waals surface area contributed by atoms with Crippen molar-refractivity contribution in [1.82, 2.24) is 5.32 Å². The molecule has 10 nitrogen and oxygen atoms in total. The van der Waals surface area contributed by atoms with Crippen molar-refractivity contribution in [1.29, 1.82) is 0 Å². The minimum absolute atomic E-state index is 0.474. The highest BCUT2D eigenvalue weighted by Gasteiger charge is 2.53. The summed E-state index contributed by atoms with van der Waals surface area (Å²) in [7, 11) is 0. The molecule has 1 amide bonds. The number of aliphatic hydroxyl groups is 5. The molecule has 1 fully saturated rings. The lowest BCUT2D eigenvalue weighted by Gasteiger charge is -2.44. The van der Waals surface area contributed by atoms with Crippen LogP contribution in [-0.4, -0.2) is 91.2 Å². The van der Waals surface area contributed by atoms with E-state index >= 15 is 0 Å². The summed E-state index contributed by atoms with van der Waals surface area (Å²) < 4.78 is 4.87. The van der Waals surface area contributed by atoms with E-state index in [2.05, 4.69) is 5.32 Å². The second-order valence-corrected chi connectivity index (χ2v) is 5.18. The van der Waals surface area contributed by atoms with Gasteiger partial charge in [0.15, 0.2) is 0 Å². The van der Waals surface area contributed by atoms with Crippen molar-refractivity contribution in [3.63, 3.8) is 0 Å². The summed E-state index contributed by atoms with van der Waals surface area (Å²) in [6.45, 7) is -0.890. The highest BCUT2D eigenvalue weighted by atomic mass is 35.5. The van der Waals surface area contributed by atoms with Gasteiger partial charge in [0.25, 0.3) is 5.79 Å². The first-order valence-corrected chi connectivity index (χ1v) is 6.83. The summed E-state index contributed by atoms with van der Waals surface area (Å²) in [6.07, 6.45) is -7.71. The molecule has 1 aliphatic rings. The van der Waals surface area contributed by atoms with Gasteiger partial charge in [0.2, 0.25) is 5.91 Å². The molecule has 0 radical (unpaired) electrons. The van der Waals surface area contributed by atoms with Gasteiger partial charge in [0, 0.05) is 6.42 Å². The van der Waals surface area contributed by atoms with Gasteiger partial charge < -0.3 is 40.7 Å². The van der Waals surface area contributed by atoms with Gasteiger partial charge in [-0.2, -0.15) is 0 Å². The molecule has 11 heteroatoms. The Bertz CT molecular complexity index is 422. The van der Waals surface area contributed by atoms with E-state index in [9.17, 15) is 30.0 Å². The molecule has 2 unspecified atom stereocenters. The lowest BCUT2D eigenvalue weighted by Crippen LogP contribution is -2.67. The van der Waals surface area contributed by atoms with E-state index in [1.165, 1.54) is 0 Å². The van der Waals surface area contributed by atoms with Gasteiger partial charge in [-0.05, 0) is 0 Å². The first-order valence-electron chi connectivity index (χ1n) is 6.30. The fraction of sp³-hybridized carbons (Fsp3) is 0.818. The number of halogens is 1. The van der Waals surface area contributed by atoms with Crippen molar-refractivity contribution < 1.29 is 45.0 Å². The van der Waals surface area contributed by atoms with Gasteiger partial charge in [-0.15, -0.1) is 11.6 Å². The normalized spacial score (nSPS) is 34.7. The Kier molecular flexibility index (Phi) is 6.50. The molecule has 0 aromatic rings. The van der Waals surface area contributed by atoms with Crippen molar-refractivity contribution in [3.05, 3.63) is 0 Å². The number of hydrogen-bond donors (Lipinski definition) is 7. The Balaban J connectivity index is 3.07. The number of amides is 1. The van der Waals surface area contributed by atoms with E-state index in [-0.39, 0.29) is 0 Å². The summed E-state index contributed by atoms with van der Waals surface area (Å²) in [5.74, 6) is -5.85. The predicted octanol–water partition coefficient (Wildman–Crippen LogP) is -3.65. The molecule has 1 aliphatic heterocycles. The van der Waals surface area contributed by atoms with Crippen molar-refractivity contribution >= 4 is 23.5 Å². The van der Waals surface area contributed by atoms with Crippen molar-refractivity contribution in [2.24, 2.45) is 0 Å². The zero-order valence-corrected chi connectivity index (χ0v) is 12.0. The summed E-state index contributed by atoms with van der Waals surface area (Å²) >= 11 is 5.31. The molecule has 7 N–H and O–H groups in total. The number of hydrogen-bond acceptors (Lipinski definition) is 8. The van der Waals surface area contributed by atoms with Gasteiger partial charge in [-0.25, -0.2) is 4.79 Å². The van der Waals surface area contributed by atoms with E-state index in [4.69, 9.17) is 26.6 Å². The van der Waals surface area contributed by atoms with Crippen LogP contribution in [0.25, 0.3) is 0 Å². The number of aliphatic hydroxyl groups excluding tert-OH is 4. The summed E-state index contributed by atoms with van der Waals surface area (Å²) in [6, 6.07) is -1.35. The maximum Gasteiger partial charge on any atom is 0.364 e. The molecule has 0 spiro atoms. The average Bonchev–Trinajstić information content (AvgIpc) is 2.47. The largest absolute Gasteiger partial charge is 0.477 e. The highest BCUT2D eigenvalue weighted by Crippen LogP contribution is 2.30. The zero-order chi connectivity index (χ0) is 17.1. The number of aliphatic carboxylic acids is 1. The first kappa shape index (κ1) is 19.0. The van der Waals surface area contributed by atoms with Gasteiger partial charge in [0.1, 0.15) is 24.2 Å². The molecule has 0 aromatic carbocycles. The molecule has 0 saturated carbocycles. The lowest BCUT2D eigenvalue weighted by molar-refractivity contribution is -0.295. The fourth-order valence-electron chi connectivity index (χ4n) is 2.13. The van der Waals surface area contributed by atoms with Crippen LogP contribution in [0.15, 0.2) is 0 Å². The maximum absolute atomic E-state index is 11.3. The summed E-state index contributed by atoms with van der Waals surface area (Å²) in [5.41, 5.74) is 0. The minimum Gasteiger partial charge on any atom is -0.477 e. The summed E-state index contributed by atoms with van der Waals surface area (Å²) in [4.78, 5) is 22.4. The van der Waals surface area contributed by atoms with Crippen LogP contribution in [-0.2, 0) is 14.3 Å². The standard InChI is InChI=1S/C11H18ClNO9/c12-2-6(17)13-7-4(15)1-11(21,10(19)20)22-9(7)8(18)5(16)3-14/h4-5,7-9,14-16,18,21H,1-3H2,(H,13,17)(H,19,20)/t4-,5+,7+,8+,9?,11?/m0/s1. The minimum atomic E-state index is -2.82. The molecule has 0 bridgehead atoms. The number of rotatable bonds is 6. The van der Waals surface area contributed by atoms with E-state index in [1.54, 1.807) is 0 Å². The van der Waals surface area contributed by atoms with Crippen LogP contribution < -0.4 is 5.32 Å². The number of carbonyl (C=O) groups excluding carboxylic acids is 1. The molecule has 128 valence electrons. The quantitative estimate of drug-likeness (QED) is 0.239. The Morgan fingerprint density at radius 3 is 2.45 bits per heavy atom. The number of ether oxygens (including phenoxy) is 1. The molecule has 1 heterocycles. The highest BCUT2D eigenvalue weighted by molar-refractivity contribution is 6.27. The Morgan fingerprint density at radius 2 is 2.00 bits per heavy atom. The van der Waals surface area contributed by atoms with Gasteiger partial charge in [0.05, 0.1) is 18.8 Å². The van der Waals surface area contributed by atoms with Crippen molar-refractivity contribution in [2.45, 2.75) is 42.7 Å². The molecule has 0 aromatic heterocycles. The predicted molar refractivity (Wildman–Crippen MR) is 69.8 cm³/mol. The zero-order valence-electron chi connectivity index (χ0n) is 11.3. The number of alkyl halides is 1. The molecule has 1 rings (SSSR count). The SMILES string of the molecule is O=C(CCl)N[C@H]1C([C@H](O)[C@H](O)CO)OC(O)(C(=O)O)C[C@@H]1O. The maximum atomic E-state index is 11.3. The molecule has 6 atom stereocenters.